The molecule has 0 atom stereocenters. The van der Waals surface area contributed by atoms with E-state index in [4.69, 9.17) is 0 Å². The Morgan fingerprint density at radius 1 is 1.00 bits per heavy atom. The van der Waals surface area contributed by atoms with E-state index in [0.29, 0.717) is 0 Å². The molecule has 0 bridgehead atoms. The van der Waals surface area contributed by atoms with E-state index >= 15 is 0 Å². The fourth-order valence-corrected chi connectivity index (χ4v) is 4.41. The number of benzene rings is 1. The van der Waals surface area contributed by atoms with Crippen LogP contribution >= 0.6 is 7.26 Å². The van der Waals surface area contributed by atoms with Crippen molar-refractivity contribution in [3.8, 4) is 11.3 Å². The number of rotatable bonds is 1. The summed E-state index contributed by atoms with van der Waals surface area (Å²) in [6.45, 7) is 7.20. The van der Waals surface area contributed by atoms with Crippen LogP contribution in [0.3, 0.4) is 0 Å². The van der Waals surface area contributed by atoms with Crippen molar-refractivity contribution in [2.45, 2.75) is 12.8 Å². The van der Waals surface area contributed by atoms with E-state index in [-0.39, 0.29) is 0 Å². The monoisotopic (exact) mass is 256 g/mol. The number of pyridine rings is 1. The van der Waals surface area contributed by atoms with Crippen molar-refractivity contribution in [2.24, 2.45) is 0 Å². The highest BCUT2D eigenvalue weighted by Crippen LogP contribution is 2.48. The van der Waals surface area contributed by atoms with Crippen LogP contribution in [-0.4, -0.2) is 25.0 Å². The lowest BCUT2D eigenvalue weighted by atomic mass is 9.89. The van der Waals surface area contributed by atoms with Crippen LogP contribution in [0.4, 0.5) is 0 Å². The zero-order valence-corrected chi connectivity index (χ0v) is 12.2. The third-order valence-electron chi connectivity index (χ3n) is 3.66. The molecule has 1 aliphatic rings. The molecule has 0 aliphatic heterocycles. The zero-order valence-electron chi connectivity index (χ0n) is 11.3. The predicted octanol–water partition coefficient (Wildman–Crippen LogP) is 3.38. The van der Waals surface area contributed by atoms with E-state index in [0.717, 1.165) is 6.42 Å². The molecule has 1 aromatic carbocycles. The van der Waals surface area contributed by atoms with Crippen LogP contribution in [0.5, 0.6) is 0 Å². The molecule has 0 saturated heterocycles. The molecular weight excluding hydrogens is 237 g/mol. The molecule has 2 aromatic rings. The highest BCUT2D eigenvalue weighted by atomic mass is 31.2. The van der Waals surface area contributed by atoms with E-state index < -0.39 is 7.26 Å². The molecule has 2 heteroatoms. The van der Waals surface area contributed by atoms with Crippen molar-refractivity contribution >= 4 is 12.6 Å². The van der Waals surface area contributed by atoms with Gasteiger partial charge in [0.25, 0.3) is 0 Å². The Kier molecular flexibility index (Phi) is 2.75. The summed E-state index contributed by atoms with van der Waals surface area (Å²) in [6.07, 6.45) is 4.21. The van der Waals surface area contributed by atoms with Crippen LogP contribution in [0.25, 0.3) is 11.3 Å². The first kappa shape index (κ1) is 11.9. The number of hydrogen-bond acceptors (Lipinski definition) is 1. The Morgan fingerprint density at radius 2 is 1.83 bits per heavy atom. The van der Waals surface area contributed by atoms with E-state index in [1.165, 1.54) is 23.2 Å². The Hall–Kier alpha value is -1.20. The number of hydrogen-bond donors (Lipinski definition) is 0. The van der Waals surface area contributed by atoms with Gasteiger partial charge < -0.3 is 0 Å². The van der Waals surface area contributed by atoms with Gasteiger partial charge in [0.05, 0.1) is 31.0 Å². The highest BCUT2D eigenvalue weighted by Gasteiger charge is 2.29. The van der Waals surface area contributed by atoms with Crippen molar-refractivity contribution in [2.75, 3.05) is 20.0 Å². The van der Waals surface area contributed by atoms with Crippen molar-refractivity contribution in [1.29, 1.82) is 0 Å². The first-order chi connectivity index (χ1) is 8.57. The topological polar surface area (TPSA) is 12.9 Å². The third-order valence-corrected chi connectivity index (χ3v) is 5.53. The summed E-state index contributed by atoms with van der Waals surface area (Å²) >= 11 is 0. The molecule has 3 rings (SSSR count). The third kappa shape index (κ3) is 1.87. The first-order valence-electron chi connectivity index (χ1n) is 6.45. The van der Waals surface area contributed by atoms with E-state index in [1.807, 2.05) is 12.3 Å². The second-order valence-corrected chi connectivity index (χ2v) is 10.3. The number of aryl methyl sites for hydroxylation is 1. The Bertz CT molecular complexity index is 596. The maximum absolute atomic E-state index is 4.60. The molecule has 0 saturated carbocycles. The van der Waals surface area contributed by atoms with Gasteiger partial charge in [0.1, 0.15) is 0 Å². The van der Waals surface area contributed by atoms with Gasteiger partial charge in [0, 0.05) is 24.6 Å². The van der Waals surface area contributed by atoms with E-state index in [9.17, 15) is 0 Å². The normalized spacial score (nSPS) is 13.9. The molecular formula is C16H19NP+. The number of nitrogens with zero attached hydrogens (tertiary/aromatic N) is 1. The van der Waals surface area contributed by atoms with Crippen LogP contribution in [-0.2, 0) is 12.8 Å². The molecule has 0 N–H and O–H groups in total. The lowest BCUT2D eigenvalue weighted by molar-refractivity contribution is 0.933. The summed E-state index contributed by atoms with van der Waals surface area (Å²) in [5.74, 6) is 0. The van der Waals surface area contributed by atoms with E-state index in [2.05, 4.69) is 49.2 Å². The molecule has 0 spiro atoms. The minimum absolute atomic E-state index is 0.968. The van der Waals surface area contributed by atoms with Crippen molar-refractivity contribution in [3.63, 3.8) is 0 Å². The molecule has 0 amide bonds. The average molecular weight is 256 g/mol. The quantitative estimate of drug-likeness (QED) is 0.713. The smallest absolute Gasteiger partial charge is 0.0969 e. The summed E-state index contributed by atoms with van der Waals surface area (Å²) in [6, 6.07) is 11.0. The van der Waals surface area contributed by atoms with Gasteiger partial charge in [-0.2, -0.15) is 0 Å². The molecule has 1 aromatic heterocycles. The fourth-order valence-electron chi connectivity index (χ4n) is 2.83. The van der Waals surface area contributed by atoms with Crippen LogP contribution < -0.4 is 5.30 Å². The predicted molar refractivity (Wildman–Crippen MR) is 81.4 cm³/mol. The highest BCUT2D eigenvalue weighted by molar-refractivity contribution is 7.81. The lowest BCUT2D eigenvalue weighted by Gasteiger charge is -2.23. The molecule has 18 heavy (non-hydrogen) atoms. The summed E-state index contributed by atoms with van der Waals surface area (Å²) in [4.78, 5) is 4.60. The van der Waals surface area contributed by atoms with Crippen LogP contribution in [0.1, 0.15) is 11.1 Å². The first-order valence-corrected chi connectivity index (χ1v) is 9.58. The van der Waals surface area contributed by atoms with Gasteiger partial charge in [-0.05, 0) is 30.5 Å². The van der Waals surface area contributed by atoms with Crippen molar-refractivity contribution in [1.82, 2.24) is 4.98 Å². The number of fused-ring (bicyclic) bond motifs is 3. The molecule has 0 fully saturated rings. The Balaban J connectivity index is 2.25. The summed E-state index contributed by atoms with van der Waals surface area (Å²) < 4.78 is 0. The lowest BCUT2D eigenvalue weighted by Crippen LogP contribution is -2.19. The molecule has 1 heterocycles. The van der Waals surface area contributed by atoms with Gasteiger partial charge in [0.15, 0.2) is 0 Å². The molecule has 92 valence electrons. The van der Waals surface area contributed by atoms with Gasteiger partial charge >= 0.3 is 0 Å². The minimum Gasteiger partial charge on any atom is -0.256 e. The largest absolute Gasteiger partial charge is 0.256 e. The summed E-state index contributed by atoms with van der Waals surface area (Å²) in [5.41, 5.74) is 5.51. The molecule has 0 unspecified atom stereocenters. The van der Waals surface area contributed by atoms with Crippen molar-refractivity contribution in [3.05, 3.63) is 47.7 Å². The second kappa shape index (κ2) is 4.17. The van der Waals surface area contributed by atoms with Crippen molar-refractivity contribution < 1.29 is 0 Å². The van der Waals surface area contributed by atoms with E-state index in [1.54, 1.807) is 10.9 Å². The van der Waals surface area contributed by atoms with Gasteiger partial charge in [-0.3, -0.25) is 4.98 Å². The summed E-state index contributed by atoms with van der Waals surface area (Å²) in [7, 11) is -0.968. The molecule has 1 aliphatic carbocycles. The standard InChI is InChI=1S/C16H19NP/c1-18(2,3)15-8-4-7-14-13(15)10-9-12-6-5-11-17-16(12)14/h4-8,11H,9-10H2,1-3H3/q+1. The number of aromatic nitrogens is 1. The van der Waals surface area contributed by atoms with Gasteiger partial charge in [-0.1, -0.05) is 18.2 Å². The van der Waals surface area contributed by atoms with Crippen LogP contribution in [0.2, 0.25) is 0 Å². The Morgan fingerprint density at radius 3 is 2.61 bits per heavy atom. The average Bonchev–Trinajstić information content (AvgIpc) is 2.36. The van der Waals surface area contributed by atoms with Gasteiger partial charge in [-0.15, -0.1) is 0 Å². The van der Waals surface area contributed by atoms with Crippen LogP contribution in [0.15, 0.2) is 36.5 Å². The maximum Gasteiger partial charge on any atom is 0.0969 e. The van der Waals surface area contributed by atoms with Gasteiger partial charge in [0.2, 0.25) is 0 Å². The van der Waals surface area contributed by atoms with Crippen LogP contribution in [0, 0.1) is 0 Å². The maximum atomic E-state index is 4.60. The second-order valence-electron chi connectivity index (χ2n) is 5.83. The fraction of sp³-hybridized carbons (Fsp3) is 0.312. The van der Waals surface area contributed by atoms with Gasteiger partial charge in [-0.25, -0.2) is 0 Å². The molecule has 1 nitrogen and oxygen atoms in total. The zero-order chi connectivity index (χ0) is 12.8. The SMILES string of the molecule is C[P+](C)(C)c1cccc2c1CCc1cccnc1-2. The summed E-state index contributed by atoms with van der Waals surface area (Å²) in [5, 5.41) is 1.58. The minimum atomic E-state index is -0.968. The molecule has 0 radical (unpaired) electrons. The Labute approximate surface area is 110 Å².